The van der Waals surface area contributed by atoms with E-state index in [1.165, 1.54) is 25.0 Å². The van der Waals surface area contributed by atoms with Gasteiger partial charge in [0.25, 0.3) is 0 Å². The highest BCUT2D eigenvalue weighted by Crippen LogP contribution is 2.35. The van der Waals surface area contributed by atoms with E-state index in [0.717, 1.165) is 65.0 Å². The molecule has 1 aromatic carbocycles. The zero-order chi connectivity index (χ0) is 30.8. The molecule has 0 spiro atoms. The van der Waals surface area contributed by atoms with Crippen LogP contribution in [0.4, 0.5) is 4.39 Å². The molecule has 0 radical (unpaired) electrons. The summed E-state index contributed by atoms with van der Waals surface area (Å²) in [6.45, 7) is 4.92. The van der Waals surface area contributed by atoms with Crippen LogP contribution < -0.4 is 9.47 Å². The lowest BCUT2D eigenvalue weighted by atomic mass is 10.1. The highest BCUT2D eigenvalue weighted by molar-refractivity contribution is 6.00. The minimum absolute atomic E-state index is 0.363. The number of hydrogen-bond donors (Lipinski definition) is 2. The largest absolute Gasteiger partial charge is 0.492 e. The normalized spacial score (nSPS) is 13.8. The fourth-order valence-electron chi connectivity index (χ4n) is 5.76. The van der Waals surface area contributed by atoms with Gasteiger partial charge in [-0.15, -0.1) is 0 Å². The van der Waals surface area contributed by atoms with Crippen LogP contribution in [0.25, 0.3) is 55.7 Å². The zero-order valence-corrected chi connectivity index (χ0v) is 25.4. The number of aromatic amines is 2. The number of aromatic nitrogens is 6. The molecule has 11 heteroatoms. The number of hydrogen-bond acceptors (Lipinski definition) is 8. The lowest BCUT2D eigenvalue weighted by Crippen LogP contribution is -2.25. The number of benzene rings is 1. The standard InChI is InChI=1S/C34H35FN8O2/c1-42(2)9-11-45-27-15-23(19-36-21-27)24-16-29-33(40-41-34(29)38-20-24)31-18-28-30(39-31)5-6-37-32(28)22-13-25(35)17-26(14-22)44-12-10-43-7-3-4-8-43/h5-6,13-21,39H,3-4,7-12H2,1-2H3,(H,38,40,41). The number of nitrogens with zero attached hydrogens (tertiary/aromatic N) is 6. The highest BCUT2D eigenvalue weighted by Gasteiger charge is 2.17. The van der Waals surface area contributed by atoms with Crippen molar-refractivity contribution >= 4 is 21.9 Å². The molecule has 45 heavy (non-hydrogen) atoms. The SMILES string of the molecule is CN(C)CCOc1cncc(-c2cnc3n[nH]c(-c4cc5c(-c6cc(F)cc(OCCN7CCCC7)c6)nccc5[nH]4)c3c2)c1. The van der Waals surface area contributed by atoms with Crippen LogP contribution in [0, 0.1) is 5.82 Å². The summed E-state index contributed by atoms with van der Waals surface area (Å²) in [5, 5.41) is 9.31. The van der Waals surface area contributed by atoms with Gasteiger partial charge in [0, 0.05) is 70.7 Å². The monoisotopic (exact) mass is 606 g/mol. The lowest BCUT2D eigenvalue weighted by molar-refractivity contribution is 0.237. The summed E-state index contributed by atoms with van der Waals surface area (Å²) < 4.78 is 26.6. The van der Waals surface area contributed by atoms with Crippen LogP contribution in [0.1, 0.15) is 12.8 Å². The number of halogens is 1. The van der Waals surface area contributed by atoms with E-state index in [4.69, 9.17) is 9.47 Å². The van der Waals surface area contributed by atoms with Gasteiger partial charge in [-0.3, -0.25) is 20.0 Å². The first kappa shape index (κ1) is 28.9. The van der Waals surface area contributed by atoms with Crippen LogP contribution in [0.2, 0.25) is 0 Å². The van der Waals surface area contributed by atoms with Crippen molar-refractivity contribution in [3.63, 3.8) is 0 Å². The van der Waals surface area contributed by atoms with E-state index in [0.29, 0.717) is 41.6 Å². The van der Waals surface area contributed by atoms with Crippen molar-refractivity contribution in [2.75, 3.05) is 53.5 Å². The maximum absolute atomic E-state index is 14.8. The summed E-state index contributed by atoms with van der Waals surface area (Å²) in [4.78, 5) is 21.6. The Kier molecular flexibility index (Phi) is 8.10. The number of rotatable bonds is 11. The zero-order valence-electron chi connectivity index (χ0n) is 25.4. The van der Waals surface area contributed by atoms with Crippen molar-refractivity contribution in [3.05, 3.63) is 73.1 Å². The molecule has 0 atom stereocenters. The van der Waals surface area contributed by atoms with E-state index in [1.807, 2.05) is 44.4 Å². The third-order valence-electron chi connectivity index (χ3n) is 8.10. The summed E-state index contributed by atoms with van der Waals surface area (Å²) in [6, 6.07) is 12.7. The van der Waals surface area contributed by atoms with Crippen LogP contribution in [0.3, 0.4) is 0 Å². The van der Waals surface area contributed by atoms with Gasteiger partial charge in [-0.2, -0.15) is 5.10 Å². The van der Waals surface area contributed by atoms with Crippen molar-refractivity contribution in [2.45, 2.75) is 12.8 Å². The first-order valence-corrected chi connectivity index (χ1v) is 15.2. The topological polar surface area (TPSA) is 108 Å². The van der Waals surface area contributed by atoms with Crippen molar-refractivity contribution in [1.82, 2.24) is 39.9 Å². The number of nitrogens with one attached hydrogen (secondary N) is 2. The van der Waals surface area contributed by atoms with E-state index in [1.54, 1.807) is 24.8 Å². The Balaban J connectivity index is 1.18. The van der Waals surface area contributed by atoms with Crippen LogP contribution in [0.15, 0.2) is 67.3 Å². The molecule has 2 N–H and O–H groups in total. The predicted molar refractivity (Wildman–Crippen MR) is 173 cm³/mol. The third kappa shape index (κ3) is 6.36. The number of likely N-dealkylation sites (tertiary alicyclic amines) is 1. The minimum atomic E-state index is -0.363. The van der Waals surface area contributed by atoms with Gasteiger partial charge in [0.2, 0.25) is 0 Å². The Morgan fingerprint density at radius 3 is 2.56 bits per heavy atom. The molecule has 1 saturated heterocycles. The molecule has 230 valence electrons. The van der Waals surface area contributed by atoms with E-state index < -0.39 is 0 Å². The number of likely N-dealkylation sites (N-methyl/N-ethyl adjacent to an activating group) is 1. The van der Waals surface area contributed by atoms with Gasteiger partial charge in [-0.25, -0.2) is 9.37 Å². The number of ether oxygens (including phenoxy) is 2. The molecule has 0 saturated carbocycles. The van der Waals surface area contributed by atoms with Crippen molar-refractivity contribution < 1.29 is 13.9 Å². The van der Waals surface area contributed by atoms with E-state index in [2.05, 4.69) is 39.9 Å². The van der Waals surface area contributed by atoms with E-state index in [-0.39, 0.29) is 5.82 Å². The van der Waals surface area contributed by atoms with E-state index in [9.17, 15) is 4.39 Å². The third-order valence-corrected chi connectivity index (χ3v) is 8.10. The summed E-state index contributed by atoms with van der Waals surface area (Å²) in [5.41, 5.74) is 6.18. The Labute approximate surface area is 260 Å². The van der Waals surface area contributed by atoms with Crippen LogP contribution >= 0.6 is 0 Å². The van der Waals surface area contributed by atoms with Gasteiger partial charge in [0.15, 0.2) is 5.65 Å². The molecule has 6 heterocycles. The molecule has 0 bridgehead atoms. The molecule has 5 aromatic heterocycles. The molecule has 10 nitrogen and oxygen atoms in total. The first-order chi connectivity index (χ1) is 22.0. The second kappa shape index (κ2) is 12.6. The van der Waals surface area contributed by atoms with Crippen molar-refractivity contribution in [2.24, 2.45) is 0 Å². The predicted octanol–water partition coefficient (Wildman–Crippen LogP) is 5.78. The maximum Gasteiger partial charge on any atom is 0.181 e. The summed E-state index contributed by atoms with van der Waals surface area (Å²) in [5.74, 6) is 0.839. The molecular formula is C34H35FN8O2. The summed E-state index contributed by atoms with van der Waals surface area (Å²) >= 11 is 0. The number of H-pyrrole nitrogens is 2. The Bertz CT molecular complexity index is 1950. The Morgan fingerprint density at radius 2 is 1.69 bits per heavy atom. The van der Waals surface area contributed by atoms with Gasteiger partial charge >= 0.3 is 0 Å². The average Bonchev–Trinajstić information content (AvgIpc) is 3.80. The molecule has 6 aromatic rings. The van der Waals surface area contributed by atoms with Gasteiger partial charge < -0.3 is 19.4 Å². The lowest BCUT2D eigenvalue weighted by Gasteiger charge is -2.15. The van der Waals surface area contributed by atoms with Crippen LogP contribution in [-0.4, -0.2) is 93.4 Å². The molecule has 1 aliphatic heterocycles. The second-order valence-electron chi connectivity index (χ2n) is 11.6. The smallest absolute Gasteiger partial charge is 0.181 e. The summed E-state index contributed by atoms with van der Waals surface area (Å²) in [6.07, 6.45) is 9.47. The fraction of sp³-hybridized carbons (Fsp3) is 0.294. The molecule has 7 rings (SSSR count). The van der Waals surface area contributed by atoms with Crippen molar-refractivity contribution in [1.29, 1.82) is 0 Å². The van der Waals surface area contributed by atoms with Crippen LogP contribution in [-0.2, 0) is 0 Å². The van der Waals surface area contributed by atoms with Crippen LogP contribution in [0.5, 0.6) is 11.5 Å². The first-order valence-electron chi connectivity index (χ1n) is 15.2. The molecular weight excluding hydrogens is 571 g/mol. The average molecular weight is 607 g/mol. The fourth-order valence-corrected chi connectivity index (χ4v) is 5.76. The highest BCUT2D eigenvalue weighted by atomic mass is 19.1. The van der Waals surface area contributed by atoms with Crippen molar-refractivity contribution in [3.8, 4) is 45.3 Å². The number of pyridine rings is 3. The minimum Gasteiger partial charge on any atom is -0.492 e. The Morgan fingerprint density at radius 1 is 0.867 bits per heavy atom. The molecule has 0 unspecified atom stereocenters. The van der Waals surface area contributed by atoms with E-state index >= 15 is 0 Å². The Hall–Kier alpha value is -4.87. The maximum atomic E-state index is 14.8. The molecule has 1 fully saturated rings. The van der Waals surface area contributed by atoms with Gasteiger partial charge in [0.1, 0.15) is 30.5 Å². The van der Waals surface area contributed by atoms with Gasteiger partial charge in [-0.05, 0) is 76.4 Å². The second-order valence-corrected chi connectivity index (χ2v) is 11.6. The molecule has 0 amide bonds. The molecule has 0 aliphatic carbocycles. The number of fused-ring (bicyclic) bond motifs is 2. The summed E-state index contributed by atoms with van der Waals surface area (Å²) in [7, 11) is 4.02. The van der Waals surface area contributed by atoms with Gasteiger partial charge in [-0.1, -0.05) is 0 Å². The van der Waals surface area contributed by atoms with Gasteiger partial charge in [0.05, 0.1) is 23.3 Å². The quantitative estimate of drug-likeness (QED) is 0.191. The molecule has 1 aliphatic rings.